The summed E-state index contributed by atoms with van der Waals surface area (Å²) in [7, 11) is 0. The molecule has 0 spiro atoms. The summed E-state index contributed by atoms with van der Waals surface area (Å²) >= 11 is 0. The summed E-state index contributed by atoms with van der Waals surface area (Å²) < 4.78 is 14.1. The molecule has 0 radical (unpaired) electrons. The molecule has 1 heterocycles. The van der Waals surface area contributed by atoms with Crippen LogP contribution in [0.5, 0.6) is 0 Å². The summed E-state index contributed by atoms with van der Waals surface area (Å²) in [6.45, 7) is 3.00. The Kier molecular flexibility index (Phi) is 3.64. The smallest absolute Gasteiger partial charge is 0.196 e. The molecule has 1 unspecified atom stereocenters. The van der Waals surface area contributed by atoms with E-state index in [1.165, 1.54) is 31.7 Å². The van der Waals surface area contributed by atoms with E-state index in [0.717, 1.165) is 5.92 Å². The first-order valence-electron chi connectivity index (χ1n) is 7.50. The second-order valence-corrected chi connectivity index (χ2v) is 6.11. The predicted molar refractivity (Wildman–Crippen MR) is 80.3 cm³/mol. The van der Waals surface area contributed by atoms with E-state index in [1.807, 2.05) is 11.0 Å². The predicted octanol–water partition coefficient (Wildman–Crippen LogP) is 3.16. The fraction of sp³-hybridized carbons (Fsp3) is 0.562. The van der Waals surface area contributed by atoms with Gasteiger partial charge in [-0.2, -0.15) is 0 Å². The second kappa shape index (κ2) is 5.43. The van der Waals surface area contributed by atoms with Gasteiger partial charge >= 0.3 is 0 Å². The van der Waals surface area contributed by atoms with Gasteiger partial charge in [-0.15, -0.1) is 0 Å². The molecule has 2 aliphatic rings. The molecule has 0 bridgehead atoms. The van der Waals surface area contributed by atoms with Gasteiger partial charge in [0.05, 0.1) is 18.3 Å². The average molecular weight is 275 g/mol. The number of guanidine groups is 1. The van der Waals surface area contributed by atoms with E-state index in [9.17, 15) is 4.39 Å². The van der Waals surface area contributed by atoms with Gasteiger partial charge < -0.3 is 10.6 Å². The highest BCUT2D eigenvalue weighted by Gasteiger charge is 2.36. The zero-order valence-corrected chi connectivity index (χ0v) is 11.9. The van der Waals surface area contributed by atoms with E-state index in [2.05, 4.69) is 11.9 Å². The first-order chi connectivity index (χ1) is 9.66. The molecule has 0 aromatic heterocycles. The second-order valence-electron chi connectivity index (χ2n) is 6.11. The lowest BCUT2D eigenvalue weighted by atomic mass is 9.79. The van der Waals surface area contributed by atoms with Crippen LogP contribution in [-0.2, 0) is 0 Å². The van der Waals surface area contributed by atoms with Gasteiger partial charge in [-0.3, -0.25) is 4.99 Å². The Morgan fingerprint density at radius 3 is 2.60 bits per heavy atom. The van der Waals surface area contributed by atoms with E-state index in [4.69, 9.17) is 5.73 Å². The Hall–Kier alpha value is -1.58. The van der Waals surface area contributed by atoms with Crippen LogP contribution < -0.4 is 10.6 Å². The monoisotopic (exact) mass is 275 g/mol. The Morgan fingerprint density at radius 2 is 1.90 bits per heavy atom. The highest BCUT2D eigenvalue weighted by Crippen LogP contribution is 2.36. The highest BCUT2D eigenvalue weighted by atomic mass is 19.1. The van der Waals surface area contributed by atoms with Crippen molar-refractivity contribution in [2.75, 3.05) is 11.4 Å². The van der Waals surface area contributed by atoms with Crippen molar-refractivity contribution >= 4 is 11.6 Å². The Balaban J connectivity index is 1.84. The van der Waals surface area contributed by atoms with Crippen molar-refractivity contribution in [3.8, 4) is 0 Å². The van der Waals surface area contributed by atoms with Gasteiger partial charge in [-0.25, -0.2) is 4.39 Å². The van der Waals surface area contributed by atoms with Gasteiger partial charge in [-0.05, 0) is 36.8 Å². The van der Waals surface area contributed by atoms with Crippen LogP contribution in [0.15, 0.2) is 29.3 Å². The molecule has 3 nitrogen and oxygen atoms in total. The van der Waals surface area contributed by atoms with Crippen LogP contribution in [0, 0.1) is 17.7 Å². The summed E-state index contributed by atoms with van der Waals surface area (Å²) in [5.41, 5.74) is 6.58. The van der Waals surface area contributed by atoms with Crippen LogP contribution in [0.4, 0.5) is 10.1 Å². The van der Waals surface area contributed by atoms with Crippen molar-refractivity contribution in [2.45, 2.75) is 38.6 Å². The number of hydrogen-bond acceptors (Lipinski definition) is 3. The van der Waals surface area contributed by atoms with Crippen LogP contribution >= 0.6 is 0 Å². The van der Waals surface area contributed by atoms with E-state index in [-0.39, 0.29) is 11.9 Å². The van der Waals surface area contributed by atoms with Gasteiger partial charge in [0.25, 0.3) is 0 Å². The molecule has 0 amide bonds. The lowest BCUT2D eigenvalue weighted by molar-refractivity contribution is 0.261. The minimum Gasteiger partial charge on any atom is -0.370 e. The van der Waals surface area contributed by atoms with Crippen molar-refractivity contribution < 1.29 is 4.39 Å². The molecule has 3 rings (SSSR count). The molecule has 4 heteroatoms. The molecular weight excluding hydrogens is 253 g/mol. The van der Waals surface area contributed by atoms with Gasteiger partial charge in [0.15, 0.2) is 5.96 Å². The normalized spacial score (nSPS) is 30.4. The van der Waals surface area contributed by atoms with Gasteiger partial charge in [0.1, 0.15) is 5.82 Å². The minimum absolute atomic E-state index is 0.221. The topological polar surface area (TPSA) is 41.6 Å². The molecule has 20 heavy (non-hydrogen) atoms. The van der Waals surface area contributed by atoms with Gasteiger partial charge in [-0.1, -0.05) is 31.9 Å². The summed E-state index contributed by atoms with van der Waals surface area (Å²) in [5.74, 6) is 1.61. The molecule has 1 atom stereocenters. The van der Waals surface area contributed by atoms with E-state index < -0.39 is 0 Å². The third-order valence-electron chi connectivity index (χ3n) is 4.74. The van der Waals surface area contributed by atoms with E-state index in [1.54, 1.807) is 12.1 Å². The SMILES string of the molecule is CC1CCC(C2CN=C(N)N2c2ccccc2F)CC1. The number of nitrogens with two attached hydrogens (primary N) is 1. The lowest BCUT2D eigenvalue weighted by Gasteiger charge is -2.36. The maximum atomic E-state index is 14.1. The fourth-order valence-corrected chi connectivity index (χ4v) is 3.49. The molecule has 1 aromatic carbocycles. The van der Waals surface area contributed by atoms with Crippen molar-refractivity contribution in [2.24, 2.45) is 22.6 Å². The third kappa shape index (κ3) is 2.39. The number of para-hydroxylation sites is 1. The van der Waals surface area contributed by atoms with Crippen molar-refractivity contribution in [3.05, 3.63) is 30.1 Å². The number of benzene rings is 1. The number of anilines is 1. The van der Waals surface area contributed by atoms with Gasteiger partial charge in [0, 0.05) is 0 Å². The molecule has 1 aromatic rings. The van der Waals surface area contributed by atoms with Crippen LogP contribution in [-0.4, -0.2) is 18.5 Å². The van der Waals surface area contributed by atoms with Crippen LogP contribution in [0.1, 0.15) is 32.6 Å². The average Bonchev–Trinajstić information content (AvgIpc) is 2.82. The van der Waals surface area contributed by atoms with Crippen molar-refractivity contribution in [3.63, 3.8) is 0 Å². The maximum absolute atomic E-state index is 14.1. The summed E-state index contributed by atoms with van der Waals surface area (Å²) in [6.07, 6.45) is 4.90. The van der Waals surface area contributed by atoms with Crippen molar-refractivity contribution in [1.82, 2.24) is 0 Å². The zero-order valence-electron chi connectivity index (χ0n) is 11.9. The molecule has 1 aliphatic heterocycles. The highest BCUT2D eigenvalue weighted by molar-refractivity contribution is 5.97. The lowest BCUT2D eigenvalue weighted by Crippen LogP contribution is -2.46. The fourth-order valence-electron chi connectivity index (χ4n) is 3.49. The van der Waals surface area contributed by atoms with Crippen LogP contribution in [0.25, 0.3) is 0 Å². The quantitative estimate of drug-likeness (QED) is 0.900. The van der Waals surface area contributed by atoms with Crippen LogP contribution in [0.2, 0.25) is 0 Å². The summed E-state index contributed by atoms with van der Waals surface area (Å²) in [5, 5.41) is 0. The largest absolute Gasteiger partial charge is 0.370 e. The Bertz CT molecular complexity index is 506. The zero-order chi connectivity index (χ0) is 14.1. The summed E-state index contributed by atoms with van der Waals surface area (Å²) in [4.78, 5) is 6.28. The standard InChI is InChI=1S/C16H22FN3/c1-11-6-8-12(9-7-11)15-10-19-16(18)20(15)14-5-3-2-4-13(14)17/h2-5,11-12,15H,6-10H2,1H3,(H2,18,19). The first kappa shape index (κ1) is 13.4. The molecule has 0 saturated heterocycles. The third-order valence-corrected chi connectivity index (χ3v) is 4.74. The summed E-state index contributed by atoms with van der Waals surface area (Å²) in [6, 6.07) is 7.06. The number of hydrogen-bond donors (Lipinski definition) is 1. The molecule has 1 fully saturated rings. The van der Waals surface area contributed by atoms with E-state index >= 15 is 0 Å². The molecule has 1 saturated carbocycles. The van der Waals surface area contributed by atoms with Gasteiger partial charge in [0.2, 0.25) is 0 Å². The number of rotatable bonds is 2. The van der Waals surface area contributed by atoms with Crippen LogP contribution in [0.3, 0.4) is 0 Å². The maximum Gasteiger partial charge on any atom is 0.196 e. The number of halogens is 1. The van der Waals surface area contributed by atoms with Crippen molar-refractivity contribution in [1.29, 1.82) is 0 Å². The molecule has 108 valence electrons. The number of nitrogens with zero attached hydrogens (tertiary/aromatic N) is 2. The van der Waals surface area contributed by atoms with E-state index in [0.29, 0.717) is 24.1 Å². The molecule has 2 N–H and O–H groups in total. The Labute approximate surface area is 119 Å². The molecular formula is C16H22FN3. The first-order valence-corrected chi connectivity index (χ1v) is 7.50. The Morgan fingerprint density at radius 1 is 1.20 bits per heavy atom. The minimum atomic E-state index is -0.221. The number of aliphatic imine (C=N–C) groups is 1. The molecule has 1 aliphatic carbocycles.